The number of aryl methyl sites for hydroxylation is 1. The van der Waals surface area contributed by atoms with Gasteiger partial charge in [0.1, 0.15) is 0 Å². The number of nitrogens with one attached hydrogen (secondary N) is 1. The number of hydrogen-bond donors (Lipinski definition) is 1. The molecule has 1 atom stereocenters. The minimum Gasteiger partial charge on any atom is -0.348 e. The summed E-state index contributed by atoms with van der Waals surface area (Å²) in [6.45, 7) is 10.1. The minimum absolute atomic E-state index is 0.817. The summed E-state index contributed by atoms with van der Waals surface area (Å²) in [5.74, 6) is 1.71. The average molecular weight is 281 g/mol. The van der Waals surface area contributed by atoms with Crippen molar-refractivity contribution in [3.8, 4) is 0 Å². The van der Waals surface area contributed by atoms with Crippen LogP contribution in [0.5, 0.6) is 0 Å². The van der Waals surface area contributed by atoms with Crippen LogP contribution in [0.2, 0.25) is 0 Å². The van der Waals surface area contributed by atoms with Gasteiger partial charge in [0.15, 0.2) is 5.13 Å². The summed E-state index contributed by atoms with van der Waals surface area (Å²) in [5.41, 5.74) is 1.19. The Morgan fingerprint density at radius 2 is 2.16 bits per heavy atom. The van der Waals surface area contributed by atoms with E-state index < -0.39 is 0 Å². The predicted molar refractivity (Wildman–Crippen MR) is 84.0 cm³/mol. The van der Waals surface area contributed by atoms with E-state index in [9.17, 15) is 0 Å². The molecule has 0 bridgehead atoms. The molecule has 1 N–H and O–H groups in total. The lowest BCUT2D eigenvalue weighted by molar-refractivity contribution is 0.351. The van der Waals surface area contributed by atoms with E-state index in [1.54, 1.807) is 0 Å². The molecule has 1 saturated heterocycles. The number of anilines is 1. The normalized spacial score (nSPS) is 20.9. The van der Waals surface area contributed by atoms with Crippen LogP contribution >= 0.6 is 11.3 Å². The fourth-order valence-corrected chi connectivity index (χ4v) is 3.98. The Morgan fingerprint density at radius 3 is 2.84 bits per heavy atom. The number of rotatable bonds is 4. The molecule has 0 aliphatic carbocycles. The van der Waals surface area contributed by atoms with Crippen molar-refractivity contribution in [2.45, 2.75) is 46.6 Å². The molecule has 1 unspecified atom stereocenters. The van der Waals surface area contributed by atoms with E-state index >= 15 is 0 Å². The van der Waals surface area contributed by atoms with Crippen molar-refractivity contribution in [2.75, 3.05) is 25.0 Å². The van der Waals surface area contributed by atoms with Crippen LogP contribution in [-0.2, 0) is 6.54 Å². The molecule has 108 valence electrons. The highest BCUT2D eigenvalue weighted by molar-refractivity contribution is 7.15. The summed E-state index contributed by atoms with van der Waals surface area (Å²) in [6.07, 6.45) is 4.00. The second-order valence-corrected chi connectivity index (χ2v) is 7.02. The van der Waals surface area contributed by atoms with Crippen molar-refractivity contribution < 1.29 is 0 Å². The van der Waals surface area contributed by atoms with Crippen molar-refractivity contribution in [1.82, 2.24) is 10.3 Å². The SMILES string of the molecule is CNCc1sc(N2CCCC(C(C)C)CC2)nc1C. The van der Waals surface area contributed by atoms with E-state index in [0.29, 0.717) is 0 Å². The van der Waals surface area contributed by atoms with Crippen LogP contribution in [0.4, 0.5) is 5.13 Å². The average Bonchev–Trinajstić information content (AvgIpc) is 2.62. The summed E-state index contributed by atoms with van der Waals surface area (Å²) in [5, 5.41) is 4.46. The van der Waals surface area contributed by atoms with Gasteiger partial charge in [-0.25, -0.2) is 4.98 Å². The lowest BCUT2D eigenvalue weighted by atomic mass is 9.89. The van der Waals surface area contributed by atoms with Gasteiger partial charge in [0.25, 0.3) is 0 Å². The molecule has 0 amide bonds. The predicted octanol–water partition coefficient (Wildman–Crippen LogP) is 3.43. The van der Waals surface area contributed by atoms with Gasteiger partial charge >= 0.3 is 0 Å². The first-order valence-corrected chi connectivity index (χ1v) is 8.29. The van der Waals surface area contributed by atoms with E-state index in [1.165, 1.54) is 48.1 Å². The molecule has 2 rings (SSSR count). The largest absolute Gasteiger partial charge is 0.348 e. The number of nitrogens with zero attached hydrogens (tertiary/aromatic N) is 2. The van der Waals surface area contributed by atoms with Crippen LogP contribution in [0.1, 0.15) is 43.7 Å². The highest BCUT2D eigenvalue weighted by atomic mass is 32.1. The maximum atomic E-state index is 4.77. The Hall–Kier alpha value is -0.610. The molecule has 0 spiro atoms. The Morgan fingerprint density at radius 1 is 1.37 bits per heavy atom. The summed E-state index contributed by atoms with van der Waals surface area (Å²) in [4.78, 5) is 8.65. The smallest absolute Gasteiger partial charge is 0.185 e. The van der Waals surface area contributed by atoms with Gasteiger partial charge in [0.2, 0.25) is 0 Å². The highest BCUT2D eigenvalue weighted by Gasteiger charge is 2.21. The van der Waals surface area contributed by atoms with Gasteiger partial charge in [-0.15, -0.1) is 11.3 Å². The maximum absolute atomic E-state index is 4.77. The van der Waals surface area contributed by atoms with Gasteiger partial charge in [0.05, 0.1) is 5.69 Å². The fraction of sp³-hybridized carbons (Fsp3) is 0.800. The first-order chi connectivity index (χ1) is 9.11. The van der Waals surface area contributed by atoms with Crippen molar-refractivity contribution in [2.24, 2.45) is 11.8 Å². The first-order valence-electron chi connectivity index (χ1n) is 7.47. The topological polar surface area (TPSA) is 28.2 Å². The summed E-state index contributed by atoms with van der Waals surface area (Å²) < 4.78 is 0. The fourth-order valence-electron chi connectivity index (χ4n) is 2.85. The standard InChI is InChI=1S/C15H27N3S/c1-11(2)13-6-5-8-18(9-7-13)15-17-12(3)14(19-15)10-16-4/h11,13,16H,5-10H2,1-4H3. The Kier molecular flexibility index (Phi) is 5.22. The van der Waals surface area contributed by atoms with Crippen LogP contribution in [0.3, 0.4) is 0 Å². The molecule has 19 heavy (non-hydrogen) atoms. The molecule has 1 aliphatic heterocycles. The molecule has 1 fully saturated rings. The number of hydrogen-bond acceptors (Lipinski definition) is 4. The third kappa shape index (κ3) is 3.69. The van der Waals surface area contributed by atoms with Gasteiger partial charge in [-0.05, 0) is 45.1 Å². The van der Waals surface area contributed by atoms with E-state index in [-0.39, 0.29) is 0 Å². The number of aromatic nitrogens is 1. The molecular weight excluding hydrogens is 254 g/mol. The molecule has 0 aromatic carbocycles. The Labute approximate surface area is 121 Å². The van der Waals surface area contributed by atoms with Crippen LogP contribution < -0.4 is 10.2 Å². The second-order valence-electron chi connectivity index (χ2n) is 5.96. The molecule has 1 aromatic heterocycles. The van der Waals surface area contributed by atoms with Crippen molar-refractivity contribution in [3.05, 3.63) is 10.6 Å². The summed E-state index contributed by atoms with van der Waals surface area (Å²) >= 11 is 1.86. The zero-order valence-electron chi connectivity index (χ0n) is 12.7. The van der Waals surface area contributed by atoms with Gasteiger partial charge in [0, 0.05) is 24.5 Å². The lowest BCUT2D eigenvalue weighted by Crippen LogP contribution is -2.24. The first kappa shape index (κ1) is 14.8. The van der Waals surface area contributed by atoms with Gasteiger partial charge in [-0.3, -0.25) is 0 Å². The van der Waals surface area contributed by atoms with E-state index in [1.807, 2.05) is 18.4 Å². The molecule has 1 aromatic rings. The summed E-state index contributed by atoms with van der Waals surface area (Å²) in [6, 6.07) is 0. The van der Waals surface area contributed by atoms with Crippen molar-refractivity contribution >= 4 is 16.5 Å². The molecule has 2 heterocycles. The second kappa shape index (κ2) is 6.71. The molecule has 0 saturated carbocycles. The quantitative estimate of drug-likeness (QED) is 0.916. The molecule has 3 nitrogen and oxygen atoms in total. The third-order valence-electron chi connectivity index (χ3n) is 4.20. The van der Waals surface area contributed by atoms with Gasteiger partial charge in [-0.2, -0.15) is 0 Å². The van der Waals surface area contributed by atoms with Gasteiger partial charge < -0.3 is 10.2 Å². The molecule has 4 heteroatoms. The van der Waals surface area contributed by atoms with Crippen LogP contribution in [0, 0.1) is 18.8 Å². The van der Waals surface area contributed by atoms with E-state index in [4.69, 9.17) is 4.98 Å². The zero-order valence-corrected chi connectivity index (χ0v) is 13.5. The zero-order chi connectivity index (χ0) is 13.8. The molecular formula is C15H27N3S. The molecule has 0 radical (unpaired) electrons. The molecule has 1 aliphatic rings. The van der Waals surface area contributed by atoms with Crippen molar-refractivity contribution in [3.63, 3.8) is 0 Å². The highest BCUT2D eigenvalue weighted by Crippen LogP contribution is 2.30. The number of thiazole rings is 1. The van der Waals surface area contributed by atoms with Crippen LogP contribution in [0.25, 0.3) is 0 Å². The monoisotopic (exact) mass is 281 g/mol. The maximum Gasteiger partial charge on any atom is 0.185 e. The summed E-state index contributed by atoms with van der Waals surface area (Å²) in [7, 11) is 2.00. The van der Waals surface area contributed by atoms with Crippen LogP contribution in [-0.4, -0.2) is 25.1 Å². The minimum atomic E-state index is 0.817. The third-order valence-corrected chi connectivity index (χ3v) is 5.42. The van der Waals surface area contributed by atoms with Crippen molar-refractivity contribution in [1.29, 1.82) is 0 Å². The lowest BCUT2D eigenvalue weighted by Gasteiger charge is -2.20. The Bertz CT molecular complexity index is 400. The van der Waals surface area contributed by atoms with E-state index in [2.05, 4.69) is 31.0 Å². The Balaban J connectivity index is 2.03. The van der Waals surface area contributed by atoms with Crippen LogP contribution in [0.15, 0.2) is 0 Å². The van der Waals surface area contributed by atoms with E-state index in [0.717, 1.165) is 18.4 Å². The van der Waals surface area contributed by atoms with Gasteiger partial charge in [-0.1, -0.05) is 13.8 Å².